The highest BCUT2D eigenvalue weighted by molar-refractivity contribution is 5.90. The molecule has 5 aromatic rings. The number of carbonyl (C=O) groups is 1. The summed E-state index contributed by atoms with van der Waals surface area (Å²) in [6, 6.07) is 24.5. The molecule has 9 nitrogen and oxygen atoms in total. The Bertz CT molecular complexity index is 1440. The Morgan fingerprint density at radius 2 is 1.86 bits per heavy atom. The number of benzene rings is 3. The number of fused-ring (bicyclic) bond motifs is 1. The van der Waals surface area contributed by atoms with E-state index in [0.717, 1.165) is 22.9 Å². The summed E-state index contributed by atoms with van der Waals surface area (Å²) >= 11 is 0. The van der Waals surface area contributed by atoms with Crippen LogP contribution >= 0.6 is 0 Å². The number of para-hydroxylation sites is 3. The van der Waals surface area contributed by atoms with E-state index in [1.54, 1.807) is 16.4 Å². The third kappa shape index (κ3) is 5.26. The molecule has 1 unspecified atom stereocenters. The number of carbonyl (C=O) groups excluding carboxylic acids is 1. The highest BCUT2D eigenvalue weighted by Crippen LogP contribution is 2.28. The first-order valence-corrected chi connectivity index (χ1v) is 10.9. The summed E-state index contributed by atoms with van der Waals surface area (Å²) in [6.45, 7) is 0. The highest BCUT2D eigenvalue weighted by atomic mass is 16.5. The fourth-order valence-corrected chi connectivity index (χ4v) is 3.63. The zero-order chi connectivity index (χ0) is 24.0. The lowest BCUT2D eigenvalue weighted by molar-refractivity contribution is -0.124. The van der Waals surface area contributed by atoms with Gasteiger partial charge >= 0.3 is 0 Å². The van der Waals surface area contributed by atoms with Gasteiger partial charge in [0.2, 0.25) is 5.89 Å². The number of aromatic nitrogens is 4. The summed E-state index contributed by atoms with van der Waals surface area (Å²) in [6.07, 6.45) is 4.80. The molecular weight excluding hydrogens is 446 g/mol. The van der Waals surface area contributed by atoms with Gasteiger partial charge in [-0.2, -0.15) is 0 Å². The van der Waals surface area contributed by atoms with Crippen LogP contribution in [0.1, 0.15) is 23.2 Å². The molecule has 0 fully saturated rings. The topological polar surface area (TPSA) is 115 Å². The van der Waals surface area contributed by atoms with Gasteiger partial charge in [0.05, 0.1) is 6.20 Å². The molecule has 35 heavy (non-hydrogen) atoms. The van der Waals surface area contributed by atoms with Gasteiger partial charge in [-0.25, -0.2) is 15.1 Å². The molecule has 5 rings (SSSR count). The van der Waals surface area contributed by atoms with Gasteiger partial charge in [0.1, 0.15) is 28.8 Å². The van der Waals surface area contributed by atoms with Gasteiger partial charge in [-0.3, -0.25) is 10.0 Å². The van der Waals surface area contributed by atoms with E-state index in [0.29, 0.717) is 29.3 Å². The maximum atomic E-state index is 11.3. The molecule has 0 aliphatic carbocycles. The summed E-state index contributed by atoms with van der Waals surface area (Å²) in [4.78, 5) is 16.0. The Kier molecular flexibility index (Phi) is 6.31. The summed E-state index contributed by atoms with van der Waals surface area (Å²) in [5.74, 6) is 1.28. The van der Waals surface area contributed by atoms with E-state index in [1.807, 2.05) is 78.9 Å². The van der Waals surface area contributed by atoms with E-state index in [-0.39, 0.29) is 0 Å². The van der Waals surface area contributed by atoms with E-state index in [4.69, 9.17) is 14.4 Å². The third-order valence-corrected chi connectivity index (χ3v) is 5.26. The molecule has 0 aliphatic heterocycles. The smallest absolute Gasteiger partial charge is 0.267 e. The molecule has 1 atom stereocenters. The van der Waals surface area contributed by atoms with Gasteiger partial charge in [0, 0.05) is 12.5 Å². The molecule has 2 aromatic heterocycles. The van der Waals surface area contributed by atoms with Crippen molar-refractivity contribution in [3.05, 3.63) is 108 Å². The van der Waals surface area contributed by atoms with E-state index >= 15 is 0 Å². The van der Waals surface area contributed by atoms with Gasteiger partial charge in [-0.15, -0.1) is 5.10 Å². The minimum absolute atomic E-state index is 0.407. The van der Waals surface area contributed by atoms with Gasteiger partial charge in [-0.1, -0.05) is 47.7 Å². The van der Waals surface area contributed by atoms with E-state index < -0.39 is 11.9 Å². The van der Waals surface area contributed by atoms with Crippen molar-refractivity contribution >= 4 is 23.1 Å². The normalized spacial score (nSPS) is 12.1. The Hall–Kier alpha value is -4.76. The molecule has 2 heterocycles. The number of rotatable bonds is 8. The van der Waals surface area contributed by atoms with Gasteiger partial charge < -0.3 is 9.15 Å². The fourth-order valence-electron chi connectivity index (χ4n) is 3.63. The van der Waals surface area contributed by atoms with Crippen LogP contribution in [0.15, 0.2) is 95.6 Å². The van der Waals surface area contributed by atoms with Gasteiger partial charge in [0.25, 0.3) is 5.91 Å². The van der Waals surface area contributed by atoms with Crippen LogP contribution in [-0.4, -0.2) is 31.1 Å². The number of nitrogens with zero attached hydrogens (tertiary/aromatic N) is 4. The molecular formula is C26H21N5O4. The Labute approximate surface area is 200 Å². The maximum absolute atomic E-state index is 11.3. The Morgan fingerprint density at radius 1 is 1.06 bits per heavy atom. The molecule has 0 saturated carbocycles. The second-order valence-corrected chi connectivity index (χ2v) is 7.74. The van der Waals surface area contributed by atoms with Crippen molar-refractivity contribution in [2.75, 3.05) is 0 Å². The summed E-state index contributed by atoms with van der Waals surface area (Å²) in [5, 5.41) is 17.0. The standard InChI is InChI=1S/C26H21N5O4/c32-25(29-33)14-13-19-17-31(30-28-19)23(26-27-22-11-4-5-12-24(22)35-26)16-18-7-6-10-21(15-18)34-20-8-2-1-3-9-20/h1-15,17,23,33H,16H2,(H,29,32)/b14-13+. The lowest BCUT2D eigenvalue weighted by Gasteiger charge is -2.14. The van der Waals surface area contributed by atoms with Crippen molar-refractivity contribution in [3.8, 4) is 11.5 Å². The number of amides is 1. The maximum Gasteiger partial charge on any atom is 0.267 e. The lowest BCUT2D eigenvalue weighted by Crippen LogP contribution is -2.15. The van der Waals surface area contributed by atoms with Crippen LogP contribution in [0.25, 0.3) is 17.2 Å². The van der Waals surface area contributed by atoms with Crippen molar-refractivity contribution < 1.29 is 19.2 Å². The molecule has 0 bridgehead atoms. The second-order valence-electron chi connectivity index (χ2n) is 7.74. The first-order valence-electron chi connectivity index (χ1n) is 10.9. The molecule has 174 valence electrons. The largest absolute Gasteiger partial charge is 0.457 e. The minimum atomic E-state index is -0.662. The van der Waals surface area contributed by atoms with E-state index in [2.05, 4.69) is 15.3 Å². The first kappa shape index (κ1) is 22.1. The monoisotopic (exact) mass is 467 g/mol. The average molecular weight is 467 g/mol. The SMILES string of the molecule is O=C(/C=C/c1cn(C(Cc2cccc(Oc3ccccc3)c2)c2nc3ccccc3o2)nn1)NO. The third-order valence-electron chi connectivity index (χ3n) is 5.26. The van der Waals surface area contributed by atoms with Crippen molar-refractivity contribution in [2.24, 2.45) is 0 Å². The minimum Gasteiger partial charge on any atom is -0.457 e. The number of hydrogen-bond acceptors (Lipinski definition) is 7. The number of nitrogens with one attached hydrogen (secondary N) is 1. The zero-order valence-corrected chi connectivity index (χ0v) is 18.5. The summed E-state index contributed by atoms with van der Waals surface area (Å²) in [7, 11) is 0. The van der Waals surface area contributed by atoms with Gasteiger partial charge in [0.15, 0.2) is 5.58 Å². The first-order chi connectivity index (χ1) is 17.2. The van der Waals surface area contributed by atoms with Crippen LogP contribution in [0.4, 0.5) is 0 Å². The fraction of sp³-hybridized carbons (Fsp3) is 0.0769. The Morgan fingerprint density at radius 3 is 2.69 bits per heavy atom. The molecule has 3 aromatic carbocycles. The summed E-state index contributed by atoms with van der Waals surface area (Å²) in [5.41, 5.74) is 4.39. The van der Waals surface area contributed by atoms with Gasteiger partial charge in [-0.05, 0) is 48.0 Å². The van der Waals surface area contributed by atoms with E-state index in [1.165, 1.54) is 6.08 Å². The highest BCUT2D eigenvalue weighted by Gasteiger charge is 2.23. The zero-order valence-electron chi connectivity index (χ0n) is 18.5. The molecule has 0 radical (unpaired) electrons. The van der Waals surface area contributed by atoms with Crippen LogP contribution < -0.4 is 10.2 Å². The number of hydrogen-bond donors (Lipinski definition) is 2. The average Bonchev–Trinajstić information content (AvgIpc) is 3.54. The second kappa shape index (κ2) is 10.0. The van der Waals surface area contributed by atoms with Crippen LogP contribution in [0.2, 0.25) is 0 Å². The molecule has 0 saturated heterocycles. The molecule has 0 spiro atoms. The Balaban J connectivity index is 1.46. The lowest BCUT2D eigenvalue weighted by atomic mass is 10.1. The van der Waals surface area contributed by atoms with Crippen molar-refractivity contribution in [2.45, 2.75) is 12.5 Å². The van der Waals surface area contributed by atoms with Crippen LogP contribution in [0, 0.1) is 0 Å². The van der Waals surface area contributed by atoms with E-state index in [9.17, 15) is 4.79 Å². The van der Waals surface area contributed by atoms with Crippen LogP contribution in [0.5, 0.6) is 11.5 Å². The van der Waals surface area contributed by atoms with Crippen LogP contribution in [-0.2, 0) is 11.2 Å². The van der Waals surface area contributed by atoms with Crippen molar-refractivity contribution in [3.63, 3.8) is 0 Å². The van der Waals surface area contributed by atoms with Crippen molar-refractivity contribution in [1.82, 2.24) is 25.5 Å². The number of ether oxygens (including phenoxy) is 1. The van der Waals surface area contributed by atoms with Crippen molar-refractivity contribution in [1.29, 1.82) is 0 Å². The van der Waals surface area contributed by atoms with Crippen LogP contribution in [0.3, 0.4) is 0 Å². The molecule has 1 amide bonds. The number of hydroxylamine groups is 1. The predicted octanol–water partition coefficient (Wildman–Crippen LogP) is 4.56. The quantitative estimate of drug-likeness (QED) is 0.195. The number of oxazole rings is 1. The molecule has 2 N–H and O–H groups in total. The molecule has 0 aliphatic rings. The molecule has 9 heteroatoms. The predicted molar refractivity (Wildman–Crippen MR) is 128 cm³/mol. The summed E-state index contributed by atoms with van der Waals surface area (Å²) < 4.78 is 13.7.